The number of rotatable bonds is 2. The van der Waals surface area contributed by atoms with E-state index in [2.05, 4.69) is 13.8 Å². The van der Waals surface area contributed by atoms with Crippen LogP contribution in [0, 0.1) is 5.41 Å². The molecule has 2 N–H and O–H groups in total. The Hall–Kier alpha value is -1.23. The number of anilines is 1. The third-order valence-electron chi connectivity index (χ3n) is 3.84. The van der Waals surface area contributed by atoms with Crippen molar-refractivity contribution in [3.8, 4) is 0 Å². The summed E-state index contributed by atoms with van der Waals surface area (Å²) in [5.41, 5.74) is 5.72. The minimum absolute atomic E-state index is 0.0493. The number of hydrogen-bond donors (Lipinski definition) is 1. The third kappa shape index (κ3) is 3.26. The van der Waals surface area contributed by atoms with E-state index in [-0.39, 0.29) is 17.6 Å². The smallest absolute Gasteiger partial charge is 0.371 e. The van der Waals surface area contributed by atoms with Crippen molar-refractivity contribution in [1.82, 2.24) is 0 Å². The van der Waals surface area contributed by atoms with Gasteiger partial charge in [-0.15, -0.1) is 0 Å². The van der Waals surface area contributed by atoms with Crippen molar-refractivity contribution in [2.45, 2.75) is 39.4 Å². The molecule has 0 atom stereocenters. The van der Waals surface area contributed by atoms with Crippen LogP contribution < -0.4 is 10.6 Å². The Bertz CT molecular complexity index is 480. The van der Waals surface area contributed by atoms with E-state index < -0.39 is 11.7 Å². The van der Waals surface area contributed by atoms with Crippen LogP contribution in [0.2, 0.25) is 0 Å². The Morgan fingerprint density at radius 1 is 1.30 bits per heavy atom. The molecule has 1 aromatic rings. The number of benzene rings is 1. The zero-order valence-electron chi connectivity index (χ0n) is 11.9. The van der Waals surface area contributed by atoms with Crippen LogP contribution in [0.15, 0.2) is 18.2 Å². The highest BCUT2D eigenvalue weighted by molar-refractivity contribution is 5.57. The highest BCUT2D eigenvalue weighted by atomic mass is 19.4. The molecule has 5 heteroatoms. The lowest BCUT2D eigenvalue weighted by Crippen LogP contribution is -2.41. The van der Waals surface area contributed by atoms with E-state index in [0.717, 1.165) is 12.8 Å². The number of alkyl halides is 3. The second kappa shape index (κ2) is 5.28. The average Bonchev–Trinajstić information content (AvgIpc) is 2.35. The monoisotopic (exact) mass is 286 g/mol. The van der Waals surface area contributed by atoms with Gasteiger partial charge in [0.1, 0.15) is 0 Å². The first-order valence-electron chi connectivity index (χ1n) is 6.88. The summed E-state index contributed by atoms with van der Waals surface area (Å²) in [6.45, 7) is 5.64. The zero-order chi connectivity index (χ0) is 15.0. The fourth-order valence-electron chi connectivity index (χ4n) is 2.84. The standard InChI is InChI=1S/C15H21F3N2/c1-14(2)6-3-7-20(10-14)13-5-4-11(9-19)8-12(13)15(16,17)18/h4-5,8H,3,6-7,9-10,19H2,1-2H3. The van der Waals surface area contributed by atoms with E-state index in [1.807, 2.05) is 4.90 Å². The first-order valence-corrected chi connectivity index (χ1v) is 6.88. The molecule has 0 spiro atoms. The van der Waals surface area contributed by atoms with Crippen molar-refractivity contribution in [2.24, 2.45) is 11.1 Å². The Morgan fingerprint density at radius 3 is 2.55 bits per heavy atom. The molecule has 1 heterocycles. The van der Waals surface area contributed by atoms with E-state index in [0.29, 0.717) is 18.7 Å². The lowest BCUT2D eigenvalue weighted by atomic mass is 9.83. The highest BCUT2D eigenvalue weighted by Crippen LogP contribution is 2.40. The van der Waals surface area contributed by atoms with Crippen LogP contribution in [0.1, 0.15) is 37.8 Å². The second-order valence-electron chi connectivity index (χ2n) is 6.24. The molecule has 1 aliphatic heterocycles. The molecule has 0 unspecified atom stereocenters. The number of nitrogens with two attached hydrogens (primary N) is 1. The van der Waals surface area contributed by atoms with Crippen LogP contribution in [0.4, 0.5) is 18.9 Å². The van der Waals surface area contributed by atoms with Gasteiger partial charge in [-0.2, -0.15) is 13.2 Å². The molecule has 112 valence electrons. The molecule has 0 aliphatic carbocycles. The van der Waals surface area contributed by atoms with Gasteiger partial charge in [0.25, 0.3) is 0 Å². The number of halogens is 3. The summed E-state index contributed by atoms with van der Waals surface area (Å²) in [6.07, 6.45) is -2.38. The van der Waals surface area contributed by atoms with Gasteiger partial charge in [0, 0.05) is 25.3 Å². The minimum atomic E-state index is -4.35. The molecule has 1 saturated heterocycles. The first kappa shape index (κ1) is 15.2. The van der Waals surface area contributed by atoms with E-state index in [9.17, 15) is 13.2 Å². The fraction of sp³-hybridized carbons (Fsp3) is 0.600. The molecule has 20 heavy (non-hydrogen) atoms. The van der Waals surface area contributed by atoms with Gasteiger partial charge in [0.15, 0.2) is 0 Å². The van der Waals surface area contributed by atoms with Crippen molar-refractivity contribution >= 4 is 5.69 Å². The van der Waals surface area contributed by atoms with Crippen molar-refractivity contribution in [3.05, 3.63) is 29.3 Å². The van der Waals surface area contributed by atoms with Gasteiger partial charge < -0.3 is 10.6 Å². The van der Waals surface area contributed by atoms with Crippen molar-refractivity contribution < 1.29 is 13.2 Å². The first-order chi connectivity index (χ1) is 9.23. The lowest BCUT2D eigenvalue weighted by Gasteiger charge is -2.40. The quantitative estimate of drug-likeness (QED) is 0.896. The van der Waals surface area contributed by atoms with Crippen molar-refractivity contribution in [3.63, 3.8) is 0 Å². The Labute approximate surface area is 117 Å². The van der Waals surface area contributed by atoms with Gasteiger partial charge in [-0.3, -0.25) is 0 Å². The number of hydrogen-bond acceptors (Lipinski definition) is 2. The Morgan fingerprint density at radius 2 is 2.00 bits per heavy atom. The third-order valence-corrected chi connectivity index (χ3v) is 3.84. The maximum Gasteiger partial charge on any atom is 0.418 e. The molecule has 0 saturated carbocycles. The number of nitrogens with zero attached hydrogens (tertiary/aromatic N) is 1. The van der Waals surface area contributed by atoms with Gasteiger partial charge >= 0.3 is 6.18 Å². The van der Waals surface area contributed by atoms with Crippen LogP contribution in [0.25, 0.3) is 0 Å². The number of piperidine rings is 1. The van der Waals surface area contributed by atoms with Crippen LogP contribution in [-0.2, 0) is 12.7 Å². The molecular formula is C15H21F3N2. The van der Waals surface area contributed by atoms with Crippen LogP contribution in [-0.4, -0.2) is 13.1 Å². The van der Waals surface area contributed by atoms with E-state index in [4.69, 9.17) is 5.73 Å². The summed E-state index contributed by atoms with van der Waals surface area (Å²) in [5, 5.41) is 0. The normalized spacial score (nSPS) is 19.2. The van der Waals surface area contributed by atoms with E-state index in [1.165, 1.54) is 6.07 Å². The lowest BCUT2D eigenvalue weighted by molar-refractivity contribution is -0.137. The Balaban J connectivity index is 2.40. The van der Waals surface area contributed by atoms with Crippen molar-refractivity contribution in [2.75, 3.05) is 18.0 Å². The van der Waals surface area contributed by atoms with Gasteiger partial charge in [0.2, 0.25) is 0 Å². The van der Waals surface area contributed by atoms with Gasteiger partial charge in [-0.05, 0) is 36.0 Å². The summed E-state index contributed by atoms with van der Waals surface area (Å²) in [4.78, 5) is 1.85. The second-order valence-corrected chi connectivity index (χ2v) is 6.24. The predicted molar refractivity (Wildman–Crippen MR) is 74.6 cm³/mol. The predicted octanol–water partition coefficient (Wildman–Crippen LogP) is 3.79. The SMILES string of the molecule is CC1(C)CCCN(c2ccc(CN)cc2C(F)(F)F)C1. The molecule has 1 fully saturated rings. The summed E-state index contributed by atoms with van der Waals surface area (Å²) < 4.78 is 39.7. The largest absolute Gasteiger partial charge is 0.418 e. The zero-order valence-corrected chi connectivity index (χ0v) is 11.9. The molecule has 2 nitrogen and oxygen atoms in total. The summed E-state index contributed by atoms with van der Waals surface area (Å²) >= 11 is 0. The fourth-order valence-corrected chi connectivity index (χ4v) is 2.84. The molecule has 0 radical (unpaired) electrons. The van der Waals surface area contributed by atoms with Crippen LogP contribution in [0.5, 0.6) is 0 Å². The minimum Gasteiger partial charge on any atom is -0.371 e. The van der Waals surface area contributed by atoms with Gasteiger partial charge in [-0.25, -0.2) is 0 Å². The molecule has 0 amide bonds. The highest BCUT2D eigenvalue weighted by Gasteiger charge is 2.37. The Kier molecular flexibility index (Phi) is 4.00. The molecule has 0 bridgehead atoms. The molecule has 0 aromatic heterocycles. The molecule has 2 rings (SSSR count). The molecule has 1 aromatic carbocycles. The van der Waals surface area contributed by atoms with Gasteiger partial charge in [-0.1, -0.05) is 19.9 Å². The van der Waals surface area contributed by atoms with Crippen LogP contribution in [0.3, 0.4) is 0 Å². The summed E-state index contributed by atoms with van der Waals surface area (Å²) in [6, 6.07) is 4.43. The van der Waals surface area contributed by atoms with Gasteiger partial charge in [0.05, 0.1) is 5.56 Å². The van der Waals surface area contributed by atoms with E-state index in [1.54, 1.807) is 12.1 Å². The maximum absolute atomic E-state index is 13.2. The molecular weight excluding hydrogens is 265 g/mol. The molecule has 1 aliphatic rings. The van der Waals surface area contributed by atoms with Crippen molar-refractivity contribution in [1.29, 1.82) is 0 Å². The van der Waals surface area contributed by atoms with E-state index >= 15 is 0 Å². The maximum atomic E-state index is 13.2. The van der Waals surface area contributed by atoms with Crippen LogP contribution >= 0.6 is 0 Å². The topological polar surface area (TPSA) is 29.3 Å². The summed E-state index contributed by atoms with van der Waals surface area (Å²) in [5.74, 6) is 0. The average molecular weight is 286 g/mol. The summed E-state index contributed by atoms with van der Waals surface area (Å²) in [7, 11) is 0.